The molecule has 1 aliphatic heterocycles. The molecule has 1 saturated heterocycles. The van der Waals surface area contributed by atoms with Gasteiger partial charge in [0, 0.05) is 33.3 Å². The van der Waals surface area contributed by atoms with E-state index in [9.17, 15) is 4.79 Å². The molecule has 0 amide bonds. The Kier molecular flexibility index (Phi) is 4.13. The molecule has 0 saturated carbocycles. The molecule has 6 heteroatoms. The van der Waals surface area contributed by atoms with E-state index in [2.05, 4.69) is 21.9 Å². The molecule has 0 aliphatic carbocycles. The Morgan fingerprint density at radius 3 is 2.95 bits per heavy atom. The first-order chi connectivity index (χ1) is 10.6. The highest BCUT2D eigenvalue weighted by Crippen LogP contribution is 2.20. The Morgan fingerprint density at radius 2 is 2.23 bits per heavy atom. The lowest BCUT2D eigenvalue weighted by Crippen LogP contribution is -2.37. The van der Waals surface area contributed by atoms with Crippen molar-refractivity contribution < 1.29 is 4.74 Å². The molecule has 0 spiro atoms. The number of anilines is 1. The van der Waals surface area contributed by atoms with Crippen LogP contribution in [0.15, 0.2) is 29.1 Å². The Hall–Kier alpha value is -1.92. The van der Waals surface area contributed by atoms with Crippen molar-refractivity contribution in [1.82, 2.24) is 14.9 Å². The van der Waals surface area contributed by atoms with Gasteiger partial charge in [0.05, 0.1) is 17.0 Å². The highest BCUT2D eigenvalue weighted by molar-refractivity contribution is 5.78. The maximum Gasteiger partial charge on any atom is 0.260 e. The highest BCUT2D eigenvalue weighted by Gasteiger charge is 2.30. The van der Waals surface area contributed by atoms with Gasteiger partial charge < -0.3 is 9.64 Å². The Morgan fingerprint density at radius 1 is 1.45 bits per heavy atom. The fourth-order valence-electron chi connectivity index (χ4n) is 3.07. The number of nitrogens with one attached hydrogen (secondary N) is 1. The van der Waals surface area contributed by atoms with Crippen LogP contribution in [0.25, 0.3) is 10.9 Å². The van der Waals surface area contributed by atoms with E-state index in [0.29, 0.717) is 17.4 Å². The smallest absolute Gasteiger partial charge is 0.260 e. The van der Waals surface area contributed by atoms with E-state index in [1.807, 2.05) is 30.1 Å². The van der Waals surface area contributed by atoms with Crippen molar-refractivity contribution in [2.45, 2.75) is 18.6 Å². The maximum absolute atomic E-state index is 12.2. The van der Waals surface area contributed by atoms with E-state index in [1.165, 1.54) is 0 Å². The molecule has 6 nitrogen and oxygen atoms in total. The van der Waals surface area contributed by atoms with Gasteiger partial charge in [0.15, 0.2) is 0 Å². The van der Waals surface area contributed by atoms with Crippen molar-refractivity contribution >= 4 is 16.9 Å². The van der Waals surface area contributed by atoms with Gasteiger partial charge in [-0.25, -0.2) is 4.98 Å². The van der Waals surface area contributed by atoms with Crippen molar-refractivity contribution in [2.75, 3.05) is 39.2 Å². The number of aromatic nitrogens is 2. The maximum atomic E-state index is 12.2. The zero-order valence-electron chi connectivity index (χ0n) is 13.2. The third-order valence-corrected chi connectivity index (χ3v) is 4.43. The standard InChI is InChI=1S/C16H22N4O2/c1-19-10-12(22-3)8-11(19)9-20(2)16-17-14-7-5-4-6-13(14)15(21)18-16/h4-7,11-12H,8-10H2,1-3H3,(H,17,18,21)/t11-,12-/m0/s1. The van der Waals surface area contributed by atoms with Gasteiger partial charge in [-0.15, -0.1) is 0 Å². The number of fused-ring (bicyclic) bond motifs is 1. The van der Waals surface area contributed by atoms with E-state index in [-0.39, 0.29) is 11.7 Å². The van der Waals surface area contributed by atoms with E-state index in [1.54, 1.807) is 13.2 Å². The summed E-state index contributed by atoms with van der Waals surface area (Å²) in [7, 11) is 5.82. The molecule has 2 heterocycles. The third-order valence-electron chi connectivity index (χ3n) is 4.43. The number of nitrogens with zero attached hydrogens (tertiary/aromatic N) is 3. The minimum Gasteiger partial charge on any atom is -0.380 e. The van der Waals surface area contributed by atoms with Gasteiger partial charge in [0.25, 0.3) is 5.56 Å². The van der Waals surface area contributed by atoms with Crippen molar-refractivity contribution in [3.05, 3.63) is 34.6 Å². The zero-order chi connectivity index (χ0) is 15.7. The lowest BCUT2D eigenvalue weighted by Gasteiger charge is -2.25. The summed E-state index contributed by atoms with van der Waals surface area (Å²) in [6.45, 7) is 1.74. The normalized spacial score (nSPS) is 22.3. The molecule has 1 aromatic carbocycles. The molecule has 2 atom stereocenters. The molecule has 1 fully saturated rings. The van der Waals surface area contributed by atoms with Crippen LogP contribution in [0, 0.1) is 0 Å². The van der Waals surface area contributed by atoms with Crippen molar-refractivity contribution in [1.29, 1.82) is 0 Å². The minimum atomic E-state index is -0.0954. The van der Waals surface area contributed by atoms with Gasteiger partial charge in [-0.05, 0) is 25.6 Å². The van der Waals surface area contributed by atoms with E-state index < -0.39 is 0 Å². The number of aromatic amines is 1. The van der Waals surface area contributed by atoms with Crippen LogP contribution in [0.2, 0.25) is 0 Å². The third kappa shape index (κ3) is 2.84. The summed E-state index contributed by atoms with van der Waals surface area (Å²) in [6.07, 6.45) is 1.28. The van der Waals surface area contributed by atoms with Crippen LogP contribution in [0.1, 0.15) is 6.42 Å². The molecular formula is C16H22N4O2. The van der Waals surface area contributed by atoms with Crippen LogP contribution >= 0.6 is 0 Å². The second-order valence-electron chi connectivity index (χ2n) is 5.97. The predicted octanol–water partition coefficient (Wildman–Crippen LogP) is 1.08. The summed E-state index contributed by atoms with van der Waals surface area (Å²) in [5, 5.41) is 0.622. The lowest BCUT2D eigenvalue weighted by molar-refractivity contribution is 0.111. The number of ether oxygens (including phenoxy) is 1. The molecular weight excluding hydrogens is 280 g/mol. The number of rotatable bonds is 4. The fourth-order valence-corrected chi connectivity index (χ4v) is 3.07. The Labute approximate surface area is 129 Å². The van der Waals surface area contributed by atoms with E-state index in [0.717, 1.165) is 25.0 Å². The first kappa shape index (κ1) is 15.0. The number of benzene rings is 1. The van der Waals surface area contributed by atoms with E-state index in [4.69, 9.17) is 4.74 Å². The highest BCUT2D eigenvalue weighted by atomic mass is 16.5. The number of H-pyrrole nitrogens is 1. The zero-order valence-corrected chi connectivity index (χ0v) is 13.2. The molecule has 118 valence electrons. The van der Waals surface area contributed by atoms with Crippen LogP contribution in [0.5, 0.6) is 0 Å². The van der Waals surface area contributed by atoms with Gasteiger partial charge in [0.2, 0.25) is 5.95 Å². The molecule has 2 aromatic rings. The van der Waals surface area contributed by atoms with Gasteiger partial charge >= 0.3 is 0 Å². The predicted molar refractivity (Wildman–Crippen MR) is 87.5 cm³/mol. The summed E-state index contributed by atoms with van der Waals surface area (Å²) in [5.41, 5.74) is 0.629. The van der Waals surface area contributed by atoms with Gasteiger partial charge in [-0.2, -0.15) is 0 Å². The molecule has 22 heavy (non-hydrogen) atoms. The first-order valence-electron chi connectivity index (χ1n) is 7.51. The van der Waals surface area contributed by atoms with Crippen LogP contribution in [-0.4, -0.2) is 61.3 Å². The Balaban J connectivity index is 1.81. The fraction of sp³-hybridized carbons (Fsp3) is 0.500. The first-order valence-corrected chi connectivity index (χ1v) is 7.51. The van der Waals surface area contributed by atoms with Crippen molar-refractivity contribution in [2.24, 2.45) is 0 Å². The molecule has 0 radical (unpaired) electrons. The number of hydrogen-bond donors (Lipinski definition) is 1. The summed E-state index contributed by atoms with van der Waals surface area (Å²) in [6, 6.07) is 7.79. The number of para-hydroxylation sites is 1. The van der Waals surface area contributed by atoms with Gasteiger partial charge in [-0.1, -0.05) is 12.1 Å². The number of likely N-dealkylation sites (tertiary alicyclic amines) is 1. The van der Waals surface area contributed by atoms with Gasteiger partial charge in [0.1, 0.15) is 0 Å². The second-order valence-corrected chi connectivity index (χ2v) is 5.97. The molecule has 1 aromatic heterocycles. The molecule has 0 bridgehead atoms. The summed E-state index contributed by atoms with van der Waals surface area (Å²) in [4.78, 5) is 23.9. The molecule has 0 unspecified atom stereocenters. The van der Waals surface area contributed by atoms with Crippen LogP contribution in [0.3, 0.4) is 0 Å². The monoisotopic (exact) mass is 302 g/mol. The average Bonchev–Trinajstić information content (AvgIpc) is 2.87. The molecule has 3 rings (SSSR count). The van der Waals surface area contributed by atoms with Gasteiger partial charge in [-0.3, -0.25) is 14.7 Å². The topological polar surface area (TPSA) is 61.5 Å². The average molecular weight is 302 g/mol. The van der Waals surface area contributed by atoms with Crippen LogP contribution < -0.4 is 10.5 Å². The molecule has 1 N–H and O–H groups in total. The van der Waals surface area contributed by atoms with Crippen molar-refractivity contribution in [3.8, 4) is 0 Å². The SMILES string of the molecule is CO[C@H]1C[C@@H](CN(C)c2nc3ccccc3c(=O)[nH]2)N(C)C1. The summed E-state index contributed by atoms with van der Waals surface area (Å²) in [5.74, 6) is 0.609. The summed E-state index contributed by atoms with van der Waals surface area (Å²) < 4.78 is 5.44. The number of hydrogen-bond acceptors (Lipinski definition) is 5. The summed E-state index contributed by atoms with van der Waals surface area (Å²) >= 11 is 0. The lowest BCUT2D eigenvalue weighted by atomic mass is 10.2. The quantitative estimate of drug-likeness (QED) is 0.916. The van der Waals surface area contributed by atoms with Crippen LogP contribution in [-0.2, 0) is 4.74 Å². The largest absolute Gasteiger partial charge is 0.380 e. The van der Waals surface area contributed by atoms with Crippen LogP contribution in [0.4, 0.5) is 5.95 Å². The van der Waals surface area contributed by atoms with E-state index >= 15 is 0 Å². The van der Waals surface area contributed by atoms with Crippen molar-refractivity contribution in [3.63, 3.8) is 0 Å². The minimum absolute atomic E-state index is 0.0954. The number of methoxy groups -OCH3 is 1. The Bertz CT molecular complexity index is 715. The number of likely N-dealkylation sites (N-methyl/N-ethyl adjacent to an activating group) is 2. The second kappa shape index (κ2) is 6.06. The molecule has 1 aliphatic rings.